The molecule has 2 fully saturated rings. The Labute approximate surface area is 276 Å². The van der Waals surface area contributed by atoms with E-state index in [1.54, 1.807) is 35.7 Å². The molecule has 246 valence electrons. The lowest BCUT2D eigenvalue weighted by molar-refractivity contribution is 0.00502. The molecule has 5 aromatic rings. The van der Waals surface area contributed by atoms with E-state index in [4.69, 9.17) is 35.3 Å². The summed E-state index contributed by atoms with van der Waals surface area (Å²) in [5.74, 6) is 1.85. The highest BCUT2D eigenvalue weighted by Crippen LogP contribution is 2.35. The molecule has 1 saturated heterocycles. The molecule has 1 unspecified atom stereocenters. The molecule has 0 radical (unpaired) electrons. The molecule has 1 aromatic carbocycles. The lowest BCUT2D eigenvalue weighted by Gasteiger charge is -2.38. The monoisotopic (exact) mass is 661 g/mol. The standard InChI is InChI=1S/C31H36ClN11O4/c1-21(17-42-20-36-39-40-42)47-28-14-22(2-7-26(28)32)23-15-34-31(35-16-23)37-27-18-43(38-30(27)46-19-29-33-8-11-45-29)25-5-3-24(4-6-25)41-9-12-44-13-10-41/h2,7-8,11,14-16,18,20-21,24-25H,3-6,9-10,12-13,17,19H2,1H3,(H,34,35,37). The van der Waals surface area contributed by atoms with Gasteiger partial charge in [0.15, 0.2) is 6.61 Å². The van der Waals surface area contributed by atoms with E-state index in [0.717, 1.165) is 63.1 Å². The highest BCUT2D eigenvalue weighted by Gasteiger charge is 2.29. The van der Waals surface area contributed by atoms with Crippen molar-refractivity contribution in [2.75, 3.05) is 31.6 Å². The van der Waals surface area contributed by atoms with Gasteiger partial charge in [-0.05, 0) is 60.7 Å². The Bertz CT molecular complexity index is 1700. The highest BCUT2D eigenvalue weighted by atomic mass is 35.5. The number of tetrazole rings is 1. The number of hydrogen-bond donors (Lipinski definition) is 1. The van der Waals surface area contributed by atoms with Gasteiger partial charge < -0.3 is 23.9 Å². The smallest absolute Gasteiger partial charge is 0.257 e. The maximum absolute atomic E-state index is 6.45. The average molecular weight is 662 g/mol. The molecule has 16 heteroatoms. The molecule has 7 rings (SSSR count). The van der Waals surface area contributed by atoms with Crippen molar-refractivity contribution in [2.24, 2.45) is 0 Å². The van der Waals surface area contributed by atoms with Gasteiger partial charge in [0.1, 0.15) is 30.1 Å². The molecule has 0 bridgehead atoms. The van der Waals surface area contributed by atoms with Crippen LogP contribution in [0.15, 0.2) is 60.0 Å². The Morgan fingerprint density at radius 1 is 1.04 bits per heavy atom. The first-order valence-corrected chi connectivity index (χ1v) is 16.1. The van der Waals surface area contributed by atoms with Gasteiger partial charge in [-0.15, -0.1) is 10.2 Å². The van der Waals surface area contributed by atoms with E-state index in [1.165, 1.54) is 6.26 Å². The van der Waals surface area contributed by atoms with Gasteiger partial charge in [0.2, 0.25) is 11.8 Å². The van der Waals surface area contributed by atoms with Crippen LogP contribution in [0.4, 0.5) is 11.6 Å². The van der Waals surface area contributed by atoms with Crippen LogP contribution in [-0.2, 0) is 17.9 Å². The first-order valence-electron chi connectivity index (χ1n) is 15.8. The molecule has 4 aromatic heterocycles. The summed E-state index contributed by atoms with van der Waals surface area (Å²) in [6.45, 7) is 6.22. The fourth-order valence-electron chi connectivity index (χ4n) is 6.06. The van der Waals surface area contributed by atoms with Crippen LogP contribution in [-0.4, -0.2) is 88.3 Å². The van der Waals surface area contributed by atoms with Gasteiger partial charge in [-0.3, -0.25) is 9.58 Å². The zero-order valence-corrected chi connectivity index (χ0v) is 26.7. The lowest BCUT2D eigenvalue weighted by atomic mass is 9.90. The first-order chi connectivity index (χ1) is 23.1. The summed E-state index contributed by atoms with van der Waals surface area (Å²) in [5.41, 5.74) is 2.33. The third kappa shape index (κ3) is 7.69. The number of hydrogen-bond acceptors (Lipinski definition) is 13. The van der Waals surface area contributed by atoms with E-state index < -0.39 is 0 Å². The molecular formula is C31H36ClN11O4. The second-order valence-electron chi connectivity index (χ2n) is 11.7. The predicted octanol–water partition coefficient (Wildman–Crippen LogP) is 4.57. The molecule has 47 heavy (non-hydrogen) atoms. The van der Waals surface area contributed by atoms with Crippen molar-refractivity contribution >= 4 is 23.2 Å². The van der Waals surface area contributed by atoms with Crippen molar-refractivity contribution in [1.82, 2.24) is 49.8 Å². The van der Waals surface area contributed by atoms with Crippen molar-refractivity contribution < 1.29 is 18.6 Å². The summed E-state index contributed by atoms with van der Waals surface area (Å²) in [4.78, 5) is 15.9. The Morgan fingerprint density at radius 3 is 2.60 bits per heavy atom. The summed E-state index contributed by atoms with van der Waals surface area (Å²) >= 11 is 6.45. The van der Waals surface area contributed by atoms with Crippen LogP contribution in [0.1, 0.15) is 44.5 Å². The van der Waals surface area contributed by atoms with Crippen LogP contribution in [0.25, 0.3) is 11.1 Å². The van der Waals surface area contributed by atoms with Gasteiger partial charge in [0.05, 0.1) is 43.2 Å². The van der Waals surface area contributed by atoms with Crippen LogP contribution in [0.2, 0.25) is 5.02 Å². The van der Waals surface area contributed by atoms with Crippen molar-refractivity contribution in [3.8, 4) is 22.8 Å². The molecule has 1 N–H and O–H groups in total. The largest absolute Gasteiger partial charge is 0.487 e. The SMILES string of the molecule is CC(Cn1cnnn1)Oc1cc(-c2cnc(Nc3cn(C4CCC(N5CCOCC5)CC4)nc3OCc3ncco3)nc2)ccc1Cl. The number of nitrogens with zero attached hydrogens (tertiary/aromatic N) is 10. The second kappa shape index (κ2) is 14.4. The van der Waals surface area contributed by atoms with E-state index in [9.17, 15) is 0 Å². The number of morpholine rings is 1. The van der Waals surface area contributed by atoms with Crippen molar-refractivity contribution in [2.45, 2.75) is 63.9 Å². The van der Waals surface area contributed by atoms with Gasteiger partial charge >= 0.3 is 0 Å². The van der Waals surface area contributed by atoms with E-state index >= 15 is 0 Å². The van der Waals surface area contributed by atoms with Gasteiger partial charge in [-0.25, -0.2) is 19.6 Å². The normalized spacial score (nSPS) is 19.4. The summed E-state index contributed by atoms with van der Waals surface area (Å²) < 4.78 is 26.7. The van der Waals surface area contributed by atoms with E-state index in [-0.39, 0.29) is 18.8 Å². The van der Waals surface area contributed by atoms with Gasteiger partial charge in [-0.1, -0.05) is 17.7 Å². The van der Waals surface area contributed by atoms with Crippen molar-refractivity contribution in [3.63, 3.8) is 0 Å². The molecule has 1 saturated carbocycles. The van der Waals surface area contributed by atoms with Gasteiger partial charge in [0.25, 0.3) is 5.88 Å². The van der Waals surface area contributed by atoms with E-state index in [0.29, 0.717) is 46.8 Å². The van der Waals surface area contributed by atoms with Crippen molar-refractivity contribution in [1.29, 1.82) is 0 Å². The zero-order chi connectivity index (χ0) is 32.0. The first kappa shape index (κ1) is 31.0. The molecule has 2 aliphatic rings. The Hall–Kier alpha value is -4.60. The molecule has 0 spiro atoms. The Morgan fingerprint density at radius 2 is 1.85 bits per heavy atom. The number of ether oxygens (including phenoxy) is 3. The van der Waals surface area contributed by atoms with E-state index in [1.807, 2.05) is 29.9 Å². The molecule has 5 heterocycles. The molecule has 1 aliphatic heterocycles. The topological polar surface area (TPSA) is 156 Å². The molecule has 15 nitrogen and oxygen atoms in total. The zero-order valence-electron chi connectivity index (χ0n) is 26.0. The fourth-order valence-corrected chi connectivity index (χ4v) is 6.22. The minimum atomic E-state index is -0.213. The second-order valence-corrected chi connectivity index (χ2v) is 12.1. The third-order valence-corrected chi connectivity index (χ3v) is 8.76. The Balaban J connectivity index is 1.03. The number of oxazole rings is 1. The summed E-state index contributed by atoms with van der Waals surface area (Å²) in [5, 5.41) is 19.8. The number of aromatic nitrogens is 9. The number of rotatable bonds is 12. The number of anilines is 2. The number of halogens is 1. The summed E-state index contributed by atoms with van der Waals surface area (Å²) in [7, 11) is 0. The average Bonchev–Trinajstić information content (AvgIpc) is 3.89. The lowest BCUT2D eigenvalue weighted by Crippen LogP contribution is -2.45. The van der Waals surface area contributed by atoms with E-state index in [2.05, 4.69) is 40.7 Å². The number of benzene rings is 1. The number of nitrogens with one attached hydrogen (secondary N) is 1. The van der Waals surface area contributed by atoms with Crippen LogP contribution in [0.5, 0.6) is 11.6 Å². The molecule has 1 atom stereocenters. The van der Waals surface area contributed by atoms with Gasteiger partial charge in [-0.2, -0.15) is 0 Å². The third-order valence-electron chi connectivity index (χ3n) is 8.44. The minimum absolute atomic E-state index is 0.150. The quantitative estimate of drug-likeness (QED) is 0.198. The minimum Gasteiger partial charge on any atom is -0.487 e. The maximum Gasteiger partial charge on any atom is 0.257 e. The highest BCUT2D eigenvalue weighted by molar-refractivity contribution is 6.32. The van der Waals surface area contributed by atoms with Crippen molar-refractivity contribution in [3.05, 3.63) is 66.5 Å². The predicted molar refractivity (Wildman–Crippen MR) is 170 cm³/mol. The van der Waals surface area contributed by atoms with Crippen LogP contribution >= 0.6 is 11.6 Å². The maximum atomic E-state index is 6.45. The fraction of sp³-hybridized carbons (Fsp3) is 0.452. The molecular weight excluding hydrogens is 626 g/mol. The molecule has 0 amide bonds. The van der Waals surface area contributed by atoms with Crippen LogP contribution in [0, 0.1) is 0 Å². The Kier molecular flexibility index (Phi) is 9.53. The van der Waals surface area contributed by atoms with Crippen LogP contribution in [0.3, 0.4) is 0 Å². The molecule has 1 aliphatic carbocycles. The van der Waals surface area contributed by atoms with Gasteiger partial charge in [0, 0.05) is 37.1 Å². The summed E-state index contributed by atoms with van der Waals surface area (Å²) in [6, 6.07) is 6.44. The van der Waals surface area contributed by atoms with Crippen LogP contribution < -0.4 is 14.8 Å². The summed E-state index contributed by atoms with van der Waals surface area (Å²) in [6.07, 6.45) is 14.2.